The maximum absolute atomic E-state index is 5.94. The lowest BCUT2D eigenvalue weighted by atomic mass is 10.3. The highest BCUT2D eigenvalue weighted by Gasteiger charge is 2.04. The van der Waals surface area contributed by atoms with Gasteiger partial charge in [0.2, 0.25) is 5.88 Å². The second-order valence-electron chi connectivity index (χ2n) is 4.11. The number of halogens is 1. The molecule has 0 saturated heterocycles. The minimum Gasteiger partial charge on any atom is -0.477 e. The predicted octanol–water partition coefficient (Wildman–Crippen LogP) is 3.10. The lowest BCUT2D eigenvalue weighted by Gasteiger charge is -2.07. The molecule has 2 heterocycles. The van der Waals surface area contributed by atoms with E-state index < -0.39 is 0 Å². The van der Waals surface area contributed by atoms with Gasteiger partial charge in [0.05, 0.1) is 6.61 Å². The van der Waals surface area contributed by atoms with Crippen LogP contribution in [0.25, 0.3) is 0 Å². The van der Waals surface area contributed by atoms with Crippen LogP contribution in [0.15, 0.2) is 30.5 Å². The third kappa shape index (κ3) is 4.48. The average Bonchev–Trinajstić information content (AvgIpc) is 2.40. The molecule has 0 radical (unpaired) electrons. The van der Waals surface area contributed by atoms with Gasteiger partial charge in [-0.2, -0.15) is 4.98 Å². The van der Waals surface area contributed by atoms with Gasteiger partial charge < -0.3 is 4.74 Å². The Morgan fingerprint density at radius 2 is 2.11 bits per heavy atom. The summed E-state index contributed by atoms with van der Waals surface area (Å²) in [5.41, 5.74) is 0.997. The monoisotopic (exact) mass is 277 g/mol. The van der Waals surface area contributed by atoms with Gasteiger partial charge in [-0.25, -0.2) is 4.98 Å². The summed E-state index contributed by atoms with van der Waals surface area (Å²) in [6.07, 6.45) is 4.30. The van der Waals surface area contributed by atoms with E-state index in [2.05, 4.69) is 21.9 Å². The van der Waals surface area contributed by atoms with Crippen molar-refractivity contribution in [3.8, 4) is 5.88 Å². The molecule has 0 aliphatic carbocycles. The van der Waals surface area contributed by atoms with Crippen LogP contribution in [0.2, 0.25) is 5.15 Å². The van der Waals surface area contributed by atoms with E-state index in [1.54, 1.807) is 12.3 Å². The molecule has 0 unspecified atom stereocenters. The molecule has 2 aromatic rings. The van der Waals surface area contributed by atoms with E-state index in [1.807, 2.05) is 18.2 Å². The summed E-state index contributed by atoms with van der Waals surface area (Å²) in [6, 6.07) is 7.47. The van der Waals surface area contributed by atoms with Gasteiger partial charge in [0.15, 0.2) is 0 Å². The minimum atomic E-state index is 0.422. The molecular formula is C14H16ClN3O. The van der Waals surface area contributed by atoms with E-state index in [-0.39, 0.29) is 0 Å². The van der Waals surface area contributed by atoms with Gasteiger partial charge in [0, 0.05) is 30.8 Å². The predicted molar refractivity (Wildman–Crippen MR) is 74.5 cm³/mol. The summed E-state index contributed by atoms with van der Waals surface area (Å²) >= 11 is 5.94. The first-order valence-electron chi connectivity index (χ1n) is 6.34. The van der Waals surface area contributed by atoms with Crippen molar-refractivity contribution in [2.45, 2.75) is 26.2 Å². The molecule has 0 spiro atoms. The highest BCUT2D eigenvalue weighted by Crippen LogP contribution is 2.14. The minimum absolute atomic E-state index is 0.422. The number of ether oxygens (including phenoxy) is 1. The zero-order valence-electron chi connectivity index (χ0n) is 10.8. The number of hydrogen-bond acceptors (Lipinski definition) is 4. The molecule has 100 valence electrons. The zero-order chi connectivity index (χ0) is 13.5. The maximum Gasteiger partial charge on any atom is 0.218 e. The van der Waals surface area contributed by atoms with E-state index in [4.69, 9.17) is 16.3 Å². The van der Waals surface area contributed by atoms with Crippen LogP contribution in [0.3, 0.4) is 0 Å². The Labute approximate surface area is 117 Å². The molecule has 4 nitrogen and oxygen atoms in total. The number of rotatable bonds is 6. The molecule has 0 aliphatic heterocycles. The number of pyridine rings is 1. The molecule has 0 N–H and O–H groups in total. The van der Waals surface area contributed by atoms with Crippen LogP contribution in [0.4, 0.5) is 0 Å². The molecular weight excluding hydrogens is 262 g/mol. The van der Waals surface area contributed by atoms with Crippen LogP contribution in [-0.4, -0.2) is 21.6 Å². The molecule has 0 aromatic carbocycles. The van der Waals surface area contributed by atoms with Crippen molar-refractivity contribution in [2.24, 2.45) is 0 Å². The maximum atomic E-state index is 5.94. The van der Waals surface area contributed by atoms with Crippen molar-refractivity contribution < 1.29 is 4.74 Å². The fourth-order valence-electron chi connectivity index (χ4n) is 1.66. The Morgan fingerprint density at radius 1 is 1.21 bits per heavy atom. The molecule has 0 fully saturated rings. The number of aryl methyl sites for hydroxylation is 1. The molecule has 0 amide bonds. The average molecular weight is 278 g/mol. The van der Waals surface area contributed by atoms with E-state index in [0.717, 1.165) is 30.8 Å². The van der Waals surface area contributed by atoms with Crippen molar-refractivity contribution >= 4 is 11.6 Å². The van der Waals surface area contributed by atoms with Crippen LogP contribution >= 0.6 is 11.6 Å². The lowest BCUT2D eigenvalue weighted by Crippen LogP contribution is -2.05. The van der Waals surface area contributed by atoms with E-state index in [0.29, 0.717) is 17.6 Å². The molecule has 2 rings (SSSR count). The van der Waals surface area contributed by atoms with Crippen LogP contribution in [0, 0.1) is 0 Å². The highest BCUT2D eigenvalue weighted by molar-refractivity contribution is 6.29. The van der Waals surface area contributed by atoms with Gasteiger partial charge in [-0.3, -0.25) is 4.98 Å². The quantitative estimate of drug-likeness (QED) is 0.761. The topological polar surface area (TPSA) is 47.9 Å². The smallest absolute Gasteiger partial charge is 0.218 e. The Bertz CT molecular complexity index is 519. The molecule has 0 aliphatic rings. The summed E-state index contributed by atoms with van der Waals surface area (Å²) in [6.45, 7) is 2.60. The fraction of sp³-hybridized carbons (Fsp3) is 0.357. The fourth-order valence-corrected chi connectivity index (χ4v) is 1.85. The van der Waals surface area contributed by atoms with E-state index in [1.165, 1.54) is 0 Å². The third-order valence-electron chi connectivity index (χ3n) is 2.53. The van der Waals surface area contributed by atoms with Crippen molar-refractivity contribution in [1.29, 1.82) is 0 Å². The molecule has 2 aromatic heterocycles. The second kappa shape index (κ2) is 7.04. The van der Waals surface area contributed by atoms with Gasteiger partial charge >= 0.3 is 0 Å². The van der Waals surface area contributed by atoms with E-state index in [9.17, 15) is 0 Å². The summed E-state index contributed by atoms with van der Waals surface area (Å²) < 4.78 is 5.60. The van der Waals surface area contributed by atoms with Gasteiger partial charge in [0.1, 0.15) is 11.0 Å². The van der Waals surface area contributed by atoms with Crippen LogP contribution < -0.4 is 4.74 Å². The molecule has 19 heavy (non-hydrogen) atoms. The standard InChI is InChI=1S/C14H16ClN3O/c1-2-5-13-17-12(15)10-14(18-13)19-9-7-11-6-3-4-8-16-11/h3-4,6,8,10H,2,5,7,9H2,1H3. The van der Waals surface area contributed by atoms with Crippen LogP contribution in [0.5, 0.6) is 5.88 Å². The van der Waals surface area contributed by atoms with Gasteiger partial charge in [-0.15, -0.1) is 0 Å². The van der Waals surface area contributed by atoms with E-state index >= 15 is 0 Å². The first-order valence-corrected chi connectivity index (χ1v) is 6.72. The van der Waals surface area contributed by atoms with Crippen molar-refractivity contribution in [2.75, 3.05) is 6.61 Å². The summed E-state index contributed by atoms with van der Waals surface area (Å²) in [4.78, 5) is 12.7. The first-order chi connectivity index (χ1) is 9.28. The highest BCUT2D eigenvalue weighted by atomic mass is 35.5. The Morgan fingerprint density at radius 3 is 2.84 bits per heavy atom. The zero-order valence-corrected chi connectivity index (χ0v) is 11.6. The Hall–Kier alpha value is -1.68. The largest absolute Gasteiger partial charge is 0.477 e. The lowest BCUT2D eigenvalue weighted by molar-refractivity contribution is 0.306. The number of nitrogens with zero attached hydrogens (tertiary/aromatic N) is 3. The second-order valence-corrected chi connectivity index (χ2v) is 4.50. The molecule has 0 bridgehead atoms. The van der Waals surface area contributed by atoms with Crippen LogP contribution in [-0.2, 0) is 12.8 Å². The summed E-state index contributed by atoms with van der Waals surface area (Å²) in [7, 11) is 0. The van der Waals surface area contributed by atoms with Gasteiger partial charge in [0.25, 0.3) is 0 Å². The summed E-state index contributed by atoms with van der Waals surface area (Å²) in [5, 5.41) is 0.422. The van der Waals surface area contributed by atoms with Crippen molar-refractivity contribution in [1.82, 2.24) is 15.0 Å². The van der Waals surface area contributed by atoms with Crippen molar-refractivity contribution in [3.05, 3.63) is 47.1 Å². The Balaban J connectivity index is 1.92. The Kier molecular flexibility index (Phi) is 5.10. The molecule has 5 heteroatoms. The first kappa shape index (κ1) is 13.7. The van der Waals surface area contributed by atoms with Gasteiger partial charge in [-0.05, 0) is 18.6 Å². The molecule has 0 atom stereocenters. The SMILES string of the molecule is CCCc1nc(Cl)cc(OCCc2ccccn2)n1. The third-order valence-corrected chi connectivity index (χ3v) is 2.72. The number of aromatic nitrogens is 3. The normalized spacial score (nSPS) is 10.4. The van der Waals surface area contributed by atoms with Gasteiger partial charge in [-0.1, -0.05) is 24.6 Å². The number of hydrogen-bond donors (Lipinski definition) is 0. The van der Waals surface area contributed by atoms with Crippen molar-refractivity contribution in [3.63, 3.8) is 0 Å². The molecule has 0 saturated carbocycles. The summed E-state index contributed by atoms with van der Waals surface area (Å²) in [5.74, 6) is 1.25. The van der Waals surface area contributed by atoms with Crippen LogP contribution in [0.1, 0.15) is 24.9 Å².